The third kappa shape index (κ3) is 1.92. The minimum atomic E-state index is -0.0000147. The normalized spacial score (nSPS) is 60.0. The predicted octanol–water partition coefficient (Wildman–Crippen LogP) is 5.03. The predicted molar refractivity (Wildman–Crippen MR) is 86.9 cm³/mol. The molecule has 0 spiro atoms. The number of rotatable bonds is 0. The molecule has 4 fully saturated rings. The van der Waals surface area contributed by atoms with E-state index in [0.717, 1.165) is 42.4 Å². The molecular weight excluding hydrogens is 256 g/mol. The Morgan fingerprint density at radius 2 is 1.52 bits per heavy atom. The number of aliphatic hydroxyl groups is 1. The summed E-state index contributed by atoms with van der Waals surface area (Å²) in [5.41, 5.74) is 1.20. The third-order valence-electron chi connectivity index (χ3n) is 9.11. The number of hydrogen-bond acceptors (Lipinski definition) is 1. The molecule has 0 aromatic heterocycles. The zero-order valence-electron chi connectivity index (χ0n) is 14.3. The van der Waals surface area contributed by atoms with Crippen LogP contribution in [0.25, 0.3) is 0 Å². The molecule has 0 saturated heterocycles. The summed E-state index contributed by atoms with van der Waals surface area (Å²) in [5.74, 6) is 4.74. The van der Waals surface area contributed by atoms with Crippen LogP contribution in [0.1, 0.15) is 78.6 Å². The highest BCUT2D eigenvalue weighted by atomic mass is 16.3. The minimum absolute atomic E-state index is 0.0000147. The summed E-state index contributed by atoms with van der Waals surface area (Å²) < 4.78 is 0. The Balaban J connectivity index is 1.62. The topological polar surface area (TPSA) is 20.2 Å². The van der Waals surface area contributed by atoms with E-state index in [-0.39, 0.29) is 6.10 Å². The van der Waals surface area contributed by atoms with E-state index in [1.54, 1.807) is 0 Å². The van der Waals surface area contributed by atoms with E-state index >= 15 is 0 Å². The van der Waals surface area contributed by atoms with Crippen LogP contribution in [0.2, 0.25) is 0 Å². The lowest BCUT2D eigenvalue weighted by atomic mass is 9.45. The summed E-state index contributed by atoms with van der Waals surface area (Å²) in [6.07, 6.45) is 12.2. The van der Waals surface area contributed by atoms with Gasteiger partial charge in [0.15, 0.2) is 0 Å². The molecule has 1 heteroatoms. The lowest BCUT2D eigenvalue weighted by Crippen LogP contribution is -2.53. The zero-order chi connectivity index (χ0) is 14.8. The first-order valence-corrected chi connectivity index (χ1v) is 9.63. The molecule has 8 atom stereocenters. The lowest BCUT2D eigenvalue weighted by Gasteiger charge is -2.60. The van der Waals surface area contributed by atoms with Crippen molar-refractivity contribution in [3.8, 4) is 0 Å². The van der Waals surface area contributed by atoms with Crippen LogP contribution in [0, 0.1) is 40.4 Å². The monoisotopic (exact) mass is 290 g/mol. The molecule has 2 unspecified atom stereocenters. The Kier molecular flexibility index (Phi) is 3.27. The van der Waals surface area contributed by atoms with Gasteiger partial charge in [-0.3, -0.25) is 0 Å². The standard InChI is InChI=1S/C20H34O/c1-13-4-7-17-16-6-5-14-12-15(21)8-10-20(14,3)18(16)9-11-19(13,17)2/h13-18,21H,4-12H2,1-3H3/t13-,14?,15?,16-,17-,18-,19+,20-/m0/s1. The quantitative estimate of drug-likeness (QED) is 0.663. The van der Waals surface area contributed by atoms with Gasteiger partial charge in [0.1, 0.15) is 0 Å². The molecule has 120 valence electrons. The Hall–Kier alpha value is -0.0400. The first-order valence-electron chi connectivity index (χ1n) is 9.63. The minimum Gasteiger partial charge on any atom is -0.393 e. The Bertz CT molecular complexity index is 418. The molecule has 0 aliphatic heterocycles. The highest BCUT2D eigenvalue weighted by molar-refractivity contribution is 5.08. The van der Waals surface area contributed by atoms with Crippen molar-refractivity contribution in [2.24, 2.45) is 40.4 Å². The molecule has 4 rings (SSSR count). The maximum absolute atomic E-state index is 10.1. The molecule has 0 heterocycles. The zero-order valence-corrected chi connectivity index (χ0v) is 14.3. The van der Waals surface area contributed by atoms with Crippen molar-refractivity contribution in [2.45, 2.75) is 84.7 Å². The van der Waals surface area contributed by atoms with Crippen molar-refractivity contribution < 1.29 is 5.11 Å². The highest BCUT2D eigenvalue weighted by Crippen LogP contribution is 2.67. The van der Waals surface area contributed by atoms with Crippen LogP contribution in [0.3, 0.4) is 0 Å². The Labute approximate surface area is 130 Å². The molecule has 1 N–H and O–H groups in total. The molecule has 0 amide bonds. The maximum Gasteiger partial charge on any atom is 0.0543 e. The first-order chi connectivity index (χ1) is 9.95. The van der Waals surface area contributed by atoms with Gasteiger partial charge in [0, 0.05) is 0 Å². The second-order valence-electron chi connectivity index (χ2n) is 9.61. The second kappa shape index (κ2) is 4.73. The van der Waals surface area contributed by atoms with Crippen LogP contribution in [-0.4, -0.2) is 11.2 Å². The van der Waals surface area contributed by atoms with Crippen molar-refractivity contribution >= 4 is 0 Å². The summed E-state index contributed by atoms with van der Waals surface area (Å²) in [5, 5.41) is 10.1. The van der Waals surface area contributed by atoms with Gasteiger partial charge in [-0.25, -0.2) is 0 Å². The SMILES string of the molecule is C[C@H]1CC[C@H]2[C@@H]3CCC4CC(O)CC[C@]4(C)[C@H]3CC[C@]12C. The fourth-order valence-electron chi connectivity index (χ4n) is 7.50. The number of fused-ring (bicyclic) bond motifs is 5. The summed E-state index contributed by atoms with van der Waals surface area (Å²) >= 11 is 0. The van der Waals surface area contributed by atoms with Crippen LogP contribution >= 0.6 is 0 Å². The summed E-state index contributed by atoms with van der Waals surface area (Å²) in [4.78, 5) is 0. The average Bonchev–Trinajstić information content (AvgIpc) is 2.76. The molecule has 21 heavy (non-hydrogen) atoms. The number of aliphatic hydroxyl groups excluding tert-OH is 1. The van der Waals surface area contributed by atoms with Gasteiger partial charge in [0.2, 0.25) is 0 Å². The maximum atomic E-state index is 10.1. The van der Waals surface area contributed by atoms with Gasteiger partial charge in [0.25, 0.3) is 0 Å². The fourth-order valence-corrected chi connectivity index (χ4v) is 7.50. The van der Waals surface area contributed by atoms with Gasteiger partial charge >= 0.3 is 0 Å². The first kappa shape index (κ1) is 14.5. The van der Waals surface area contributed by atoms with Gasteiger partial charge < -0.3 is 5.11 Å². The largest absolute Gasteiger partial charge is 0.393 e. The number of hydrogen-bond donors (Lipinski definition) is 1. The van der Waals surface area contributed by atoms with Gasteiger partial charge in [-0.1, -0.05) is 20.8 Å². The van der Waals surface area contributed by atoms with Crippen molar-refractivity contribution in [2.75, 3.05) is 0 Å². The van der Waals surface area contributed by atoms with E-state index in [0.29, 0.717) is 10.8 Å². The average molecular weight is 290 g/mol. The second-order valence-corrected chi connectivity index (χ2v) is 9.61. The Morgan fingerprint density at radius 1 is 0.810 bits per heavy atom. The van der Waals surface area contributed by atoms with Crippen LogP contribution in [-0.2, 0) is 0 Å². The molecule has 4 aliphatic rings. The van der Waals surface area contributed by atoms with Gasteiger partial charge in [-0.2, -0.15) is 0 Å². The molecule has 4 aliphatic carbocycles. The summed E-state index contributed by atoms with van der Waals surface area (Å²) in [7, 11) is 0. The summed E-state index contributed by atoms with van der Waals surface area (Å²) in [6, 6.07) is 0. The third-order valence-corrected chi connectivity index (χ3v) is 9.11. The molecule has 0 bridgehead atoms. The van der Waals surface area contributed by atoms with Crippen molar-refractivity contribution in [3.63, 3.8) is 0 Å². The summed E-state index contributed by atoms with van der Waals surface area (Å²) in [6.45, 7) is 7.73. The van der Waals surface area contributed by atoms with Crippen molar-refractivity contribution in [1.29, 1.82) is 0 Å². The molecule has 0 aromatic carbocycles. The van der Waals surface area contributed by atoms with E-state index < -0.39 is 0 Å². The molecule has 0 radical (unpaired) electrons. The molecule has 0 aromatic rings. The van der Waals surface area contributed by atoms with E-state index in [2.05, 4.69) is 20.8 Å². The Morgan fingerprint density at radius 3 is 2.33 bits per heavy atom. The van der Waals surface area contributed by atoms with Crippen LogP contribution in [0.4, 0.5) is 0 Å². The van der Waals surface area contributed by atoms with Crippen LogP contribution < -0.4 is 0 Å². The van der Waals surface area contributed by atoms with E-state index in [9.17, 15) is 5.11 Å². The van der Waals surface area contributed by atoms with Gasteiger partial charge in [-0.15, -0.1) is 0 Å². The molecule has 4 saturated carbocycles. The molecular formula is C20H34O. The fraction of sp³-hybridized carbons (Fsp3) is 1.00. The van der Waals surface area contributed by atoms with E-state index in [4.69, 9.17) is 0 Å². The molecule has 1 nitrogen and oxygen atoms in total. The smallest absolute Gasteiger partial charge is 0.0543 e. The van der Waals surface area contributed by atoms with Crippen molar-refractivity contribution in [1.82, 2.24) is 0 Å². The lowest BCUT2D eigenvalue weighted by molar-refractivity contribution is -0.125. The van der Waals surface area contributed by atoms with Crippen LogP contribution in [0.15, 0.2) is 0 Å². The van der Waals surface area contributed by atoms with Gasteiger partial charge in [-0.05, 0) is 98.2 Å². The highest BCUT2D eigenvalue weighted by Gasteiger charge is 2.59. The van der Waals surface area contributed by atoms with E-state index in [1.165, 1.54) is 44.9 Å². The van der Waals surface area contributed by atoms with Crippen molar-refractivity contribution in [3.05, 3.63) is 0 Å². The van der Waals surface area contributed by atoms with Gasteiger partial charge in [0.05, 0.1) is 6.10 Å². The van der Waals surface area contributed by atoms with E-state index in [1.807, 2.05) is 0 Å². The van der Waals surface area contributed by atoms with Crippen LogP contribution in [0.5, 0.6) is 0 Å².